The fraction of sp³-hybridized carbons (Fsp3) is 0.750. The molecule has 9 unspecified atom stereocenters. The average molecular weight is 331 g/mol. The van der Waals surface area contributed by atoms with Gasteiger partial charge < -0.3 is 15.1 Å². The van der Waals surface area contributed by atoms with Crippen LogP contribution in [0, 0.1) is 41.4 Å². The summed E-state index contributed by atoms with van der Waals surface area (Å²) in [6.07, 6.45) is 5.38. The van der Waals surface area contributed by atoms with E-state index in [0.29, 0.717) is 35.5 Å². The summed E-state index contributed by atoms with van der Waals surface area (Å²) in [5.41, 5.74) is 0.555. The SMILES string of the molecule is CC1C2C(=C(O)C3C4C=CC(C4)C13)C(=O)CC(C(C)N(C)C)C2O. The van der Waals surface area contributed by atoms with Crippen LogP contribution in [-0.4, -0.2) is 47.1 Å². The molecule has 4 heteroatoms. The molecule has 0 aliphatic heterocycles. The van der Waals surface area contributed by atoms with Crippen LogP contribution in [0.15, 0.2) is 23.5 Å². The van der Waals surface area contributed by atoms with E-state index in [2.05, 4.69) is 30.9 Å². The quantitative estimate of drug-likeness (QED) is 0.763. The lowest BCUT2D eigenvalue weighted by molar-refractivity contribution is -0.127. The van der Waals surface area contributed by atoms with E-state index in [9.17, 15) is 15.0 Å². The van der Waals surface area contributed by atoms with Gasteiger partial charge in [-0.25, -0.2) is 0 Å². The van der Waals surface area contributed by atoms with Gasteiger partial charge in [0.25, 0.3) is 0 Å². The first-order chi connectivity index (χ1) is 11.3. The molecule has 0 amide bonds. The lowest BCUT2D eigenvalue weighted by atomic mass is 9.57. The molecule has 0 spiro atoms. The maximum absolute atomic E-state index is 12.9. The summed E-state index contributed by atoms with van der Waals surface area (Å²) >= 11 is 0. The van der Waals surface area contributed by atoms with Crippen LogP contribution in [0.1, 0.15) is 26.7 Å². The summed E-state index contributed by atoms with van der Waals surface area (Å²) < 4.78 is 0. The first-order valence-electron chi connectivity index (χ1n) is 9.32. The number of fused-ring (bicyclic) bond motifs is 6. The molecule has 132 valence electrons. The number of hydrogen-bond donors (Lipinski definition) is 2. The van der Waals surface area contributed by atoms with Crippen molar-refractivity contribution in [3.63, 3.8) is 0 Å². The number of aliphatic hydroxyl groups excluding tert-OH is 2. The van der Waals surface area contributed by atoms with E-state index >= 15 is 0 Å². The minimum Gasteiger partial charge on any atom is -0.512 e. The van der Waals surface area contributed by atoms with Crippen molar-refractivity contribution in [2.24, 2.45) is 41.4 Å². The number of Topliss-reactive ketones (excluding diaryl/α,β-unsaturated/α-hetero) is 1. The van der Waals surface area contributed by atoms with Gasteiger partial charge in [0.15, 0.2) is 5.78 Å². The molecule has 2 fully saturated rings. The predicted molar refractivity (Wildman–Crippen MR) is 92.3 cm³/mol. The molecule has 0 saturated heterocycles. The Morgan fingerprint density at radius 2 is 1.88 bits per heavy atom. The molecule has 0 aromatic heterocycles. The number of allylic oxidation sites excluding steroid dienone is 3. The number of carbonyl (C=O) groups excluding carboxylic acids is 1. The van der Waals surface area contributed by atoms with Crippen molar-refractivity contribution >= 4 is 5.78 Å². The third-order valence-electron chi connectivity index (χ3n) is 7.58. The van der Waals surface area contributed by atoms with Crippen LogP contribution in [0.4, 0.5) is 0 Å². The fourth-order valence-electron chi connectivity index (χ4n) is 6.18. The second-order valence-electron chi connectivity index (χ2n) is 8.72. The molecule has 24 heavy (non-hydrogen) atoms. The van der Waals surface area contributed by atoms with Crippen molar-refractivity contribution in [1.29, 1.82) is 0 Å². The highest BCUT2D eigenvalue weighted by atomic mass is 16.3. The molecule has 2 bridgehead atoms. The molecule has 4 aliphatic rings. The Morgan fingerprint density at radius 1 is 1.21 bits per heavy atom. The van der Waals surface area contributed by atoms with Crippen LogP contribution in [0.2, 0.25) is 0 Å². The van der Waals surface area contributed by atoms with E-state index in [1.165, 1.54) is 0 Å². The Kier molecular flexibility index (Phi) is 3.70. The number of hydrogen-bond acceptors (Lipinski definition) is 4. The monoisotopic (exact) mass is 331 g/mol. The number of nitrogens with zero attached hydrogens (tertiary/aromatic N) is 1. The lowest BCUT2D eigenvalue weighted by Gasteiger charge is -2.49. The lowest BCUT2D eigenvalue weighted by Crippen LogP contribution is -2.53. The second-order valence-corrected chi connectivity index (χ2v) is 8.72. The fourth-order valence-corrected chi connectivity index (χ4v) is 6.18. The third-order valence-corrected chi connectivity index (χ3v) is 7.58. The molecule has 0 heterocycles. The van der Waals surface area contributed by atoms with Gasteiger partial charge in [-0.15, -0.1) is 0 Å². The minimum absolute atomic E-state index is 0.0542. The van der Waals surface area contributed by atoms with Crippen LogP contribution in [0.25, 0.3) is 0 Å². The Hall–Kier alpha value is -1.13. The zero-order chi connectivity index (χ0) is 17.3. The number of aliphatic hydroxyl groups is 2. The molecule has 2 saturated carbocycles. The number of ketones is 1. The van der Waals surface area contributed by atoms with Crippen molar-refractivity contribution in [2.45, 2.75) is 38.8 Å². The van der Waals surface area contributed by atoms with Gasteiger partial charge in [-0.05, 0) is 51.1 Å². The van der Waals surface area contributed by atoms with E-state index < -0.39 is 6.10 Å². The van der Waals surface area contributed by atoms with Gasteiger partial charge in [-0.1, -0.05) is 19.1 Å². The van der Waals surface area contributed by atoms with E-state index in [1.807, 2.05) is 14.1 Å². The summed E-state index contributed by atoms with van der Waals surface area (Å²) in [4.78, 5) is 15.0. The highest BCUT2D eigenvalue weighted by molar-refractivity contribution is 5.98. The zero-order valence-corrected chi connectivity index (χ0v) is 15.0. The van der Waals surface area contributed by atoms with E-state index in [1.54, 1.807) is 0 Å². The van der Waals surface area contributed by atoms with Crippen molar-refractivity contribution in [1.82, 2.24) is 4.90 Å². The molecule has 9 atom stereocenters. The van der Waals surface area contributed by atoms with Gasteiger partial charge in [0.2, 0.25) is 0 Å². The van der Waals surface area contributed by atoms with E-state index in [-0.39, 0.29) is 35.5 Å². The molecule has 2 N–H and O–H groups in total. The zero-order valence-electron chi connectivity index (χ0n) is 15.0. The highest BCUT2D eigenvalue weighted by Crippen LogP contribution is 2.60. The van der Waals surface area contributed by atoms with Crippen LogP contribution in [0.3, 0.4) is 0 Å². The Morgan fingerprint density at radius 3 is 2.54 bits per heavy atom. The molecule has 4 nitrogen and oxygen atoms in total. The van der Waals surface area contributed by atoms with Gasteiger partial charge in [0, 0.05) is 35.8 Å². The standard InChI is InChI=1S/C20H29NO3/c1-9-15-11-5-6-12(7-11)17(15)20(24)18-14(22)8-13(10(2)21(3)4)19(23)16(9)18/h5-6,9-13,15-17,19,23-24H,7-8H2,1-4H3. The van der Waals surface area contributed by atoms with Crippen molar-refractivity contribution in [2.75, 3.05) is 14.1 Å². The van der Waals surface area contributed by atoms with Crippen molar-refractivity contribution in [3.05, 3.63) is 23.5 Å². The van der Waals surface area contributed by atoms with E-state index in [0.717, 1.165) is 6.42 Å². The van der Waals surface area contributed by atoms with Gasteiger partial charge in [-0.3, -0.25) is 4.79 Å². The molecule has 4 rings (SSSR count). The average Bonchev–Trinajstić information content (AvgIpc) is 3.14. The summed E-state index contributed by atoms with van der Waals surface area (Å²) in [6, 6.07) is 0.137. The third kappa shape index (κ3) is 2.02. The second kappa shape index (κ2) is 5.43. The van der Waals surface area contributed by atoms with Gasteiger partial charge in [0.05, 0.1) is 6.10 Å². The van der Waals surface area contributed by atoms with Crippen LogP contribution in [-0.2, 0) is 4.79 Å². The van der Waals surface area contributed by atoms with Crippen LogP contribution >= 0.6 is 0 Å². The maximum Gasteiger partial charge on any atom is 0.163 e. The largest absolute Gasteiger partial charge is 0.512 e. The topological polar surface area (TPSA) is 60.8 Å². The smallest absolute Gasteiger partial charge is 0.163 e. The van der Waals surface area contributed by atoms with Crippen molar-refractivity contribution < 1.29 is 15.0 Å². The summed E-state index contributed by atoms with van der Waals surface area (Å²) in [7, 11) is 3.98. The Bertz CT molecular complexity index is 622. The molecule has 0 radical (unpaired) electrons. The van der Waals surface area contributed by atoms with Gasteiger partial charge >= 0.3 is 0 Å². The normalized spacial score (nSPS) is 48.0. The molecule has 0 aromatic carbocycles. The van der Waals surface area contributed by atoms with Gasteiger partial charge in [0.1, 0.15) is 5.76 Å². The number of rotatable bonds is 2. The predicted octanol–water partition coefficient (Wildman–Crippen LogP) is 2.40. The van der Waals surface area contributed by atoms with Crippen molar-refractivity contribution in [3.8, 4) is 0 Å². The summed E-state index contributed by atoms with van der Waals surface area (Å²) in [6.45, 7) is 4.26. The van der Waals surface area contributed by atoms with Gasteiger partial charge in [-0.2, -0.15) is 0 Å². The molecule has 4 aliphatic carbocycles. The minimum atomic E-state index is -0.559. The summed E-state index contributed by atoms with van der Waals surface area (Å²) in [5, 5.41) is 22.1. The molecular formula is C20H29NO3. The van der Waals surface area contributed by atoms with Crippen LogP contribution in [0.5, 0.6) is 0 Å². The van der Waals surface area contributed by atoms with Crippen LogP contribution < -0.4 is 0 Å². The Labute approximate surface area is 144 Å². The van der Waals surface area contributed by atoms with E-state index in [4.69, 9.17) is 0 Å². The molecule has 0 aromatic rings. The highest BCUT2D eigenvalue weighted by Gasteiger charge is 2.58. The first-order valence-corrected chi connectivity index (χ1v) is 9.32. The maximum atomic E-state index is 12.9. The Balaban J connectivity index is 1.75. The molecular weight excluding hydrogens is 302 g/mol. The number of carbonyl (C=O) groups is 1. The summed E-state index contributed by atoms with van der Waals surface area (Å²) in [5.74, 6) is 1.64. The first kappa shape index (κ1) is 16.3.